The van der Waals surface area contributed by atoms with Crippen LogP contribution in [0.15, 0.2) is 48.7 Å². The van der Waals surface area contributed by atoms with Gasteiger partial charge >= 0.3 is 0 Å². The van der Waals surface area contributed by atoms with Crippen molar-refractivity contribution in [2.45, 2.75) is 13.8 Å². The fourth-order valence-corrected chi connectivity index (χ4v) is 3.92. The number of anilines is 2. The summed E-state index contributed by atoms with van der Waals surface area (Å²) in [5, 5.41) is 10.4. The van der Waals surface area contributed by atoms with Gasteiger partial charge in [-0.25, -0.2) is 8.42 Å². The van der Waals surface area contributed by atoms with E-state index in [1.807, 2.05) is 25.1 Å². The second-order valence-electron chi connectivity index (χ2n) is 6.31. The van der Waals surface area contributed by atoms with Gasteiger partial charge in [-0.2, -0.15) is 5.10 Å². The standard InChI is InChI=1S/C18H20N4O3S/c1-12-3-6-15(7-4-12)22-26(24,25)11-13(2)18(23)20-16-8-5-14-10-19-21-17(14)9-16/h3-10,13,22H,11H2,1-2H3,(H,19,21)(H,20,23). The van der Waals surface area contributed by atoms with E-state index in [2.05, 4.69) is 20.2 Å². The molecule has 0 aliphatic heterocycles. The summed E-state index contributed by atoms with van der Waals surface area (Å²) in [6.07, 6.45) is 1.69. The number of carbonyl (C=O) groups excluding carboxylic acids is 1. The second-order valence-corrected chi connectivity index (χ2v) is 8.08. The Bertz CT molecular complexity index is 1030. The third-order valence-corrected chi connectivity index (χ3v) is 5.44. The van der Waals surface area contributed by atoms with Gasteiger partial charge < -0.3 is 5.32 Å². The highest BCUT2D eigenvalue weighted by atomic mass is 32.2. The largest absolute Gasteiger partial charge is 0.326 e. The first kappa shape index (κ1) is 17.9. The molecule has 1 aromatic heterocycles. The molecule has 1 atom stereocenters. The first-order valence-corrected chi connectivity index (χ1v) is 9.79. The smallest absolute Gasteiger partial charge is 0.233 e. The fourth-order valence-electron chi connectivity index (χ4n) is 2.53. The average Bonchev–Trinajstić information content (AvgIpc) is 3.04. The predicted molar refractivity (Wildman–Crippen MR) is 102 cm³/mol. The summed E-state index contributed by atoms with van der Waals surface area (Å²) in [5.41, 5.74) is 2.90. The van der Waals surface area contributed by atoms with Gasteiger partial charge in [0.1, 0.15) is 0 Å². The highest BCUT2D eigenvalue weighted by Crippen LogP contribution is 2.18. The van der Waals surface area contributed by atoms with Crippen LogP contribution >= 0.6 is 0 Å². The molecule has 3 rings (SSSR count). The monoisotopic (exact) mass is 372 g/mol. The molecule has 26 heavy (non-hydrogen) atoms. The lowest BCUT2D eigenvalue weighted by atomic mass is 10.2. The van der Waals surface area contributed by atoms with E-state index in [0.717, 1.165) is 16.5 Å². The molecule has 0 fully saturated rings. The molecule has 0 spiro atoms. The number of benzene rings is 2. The maximum Gasteiger partial charge on any atom is 0.233 e. The van der Waals surface area contributed by atoms with E-state index in [-0.39, 0.29) is 11.7 Å². The maximum atomic E-state index is 12.3. The van der Waals surface area contributed by atoms with E-state index >= 15 is 0 Å². The molecule has 3 N–H and O–H groups in total. The van der Waals surface area contributed by atoms with Gasteiger partial charge in [-0.3, -0.25) is 14.6 Å². The molecule has 1 amide bonds. The predicted octanol–water partition coefficient (Wildman–Crippen LogP) is 2.89. The van der Waals surface area contributed by atoms with Crippen LogP contribution < -0.4 is 10.0 Å². The van der Waals surface area contributed by atoms with Gasteiger partial charge in [0.2, 0.25) is 15.9 Å². The lowest BCUT2D eigenvalue weighted by molar-refractivity contribution is -0.118. The Kier molecular flexibility index (Phi) is 4.94. The Hall–Kier alpha value is -2.87. The van der Waals surface area contributed by atoms with Crippen molar-refractivity contribution >= 4 is 38.2 Å². The van der Waals surface area contributed by atoms with Crippen LogP contribution in [0.25, 0.3) is 10.9 Å². The molecule has 0 radical (unpaired) electrons. The van der Waals surface area contributed by atoms with Gasteiger partial charge in [-0.15, -0.1) is 0 Å². The van der Waals surface area contributed by atoms with Crippen molar-refractivity contribution in [2.75, 3.05) is 15.8 Å². The molecule has 0 aliphatic rings. The number of aromatic amines is 1. The number of amides is 1. The first-order chi connectivity index (χ1) is 12.3. The molecule has 0 saturated heterocycles. The number of sulfonamides is 1. The van der Waals surface area contributed by atoms with Gasteiger partial charge in [0, 0.05) is 16.8 Å². The molecule has 0 aliphatic carbocycles. The van der Waals surface area contributed by atoms with E-state index in [0.29, 0.717) is 11.4 Å². The number of hydrogen-bond acceptors (Lipinski definition) is 4. The van der Waals surface area contributed by atoms with Crippen LogP contribution in [0.2, 0.25) is 0 Å². The summed E-state index contributed by atoms with van der Waals surface area (Å²) < 4.78 is 27.1. The number of hydrogen-bond donors (Lipinski definition) is 3. The molecule has 7 nitrogen and oxygen atoms in total. The molecule has 8 heteroatoms. The van der Waals surface area contributed by atoms with Crippen LogP contribution in [-0.4, -0.2) is 30.3 Å². The van der Waals surface area contributed by atoms with Crippen LogP contribution in [0.4, 0.5) is 11.4 Å². The zero-order valence-corrected chi connectivity index (χ0v) is 15.3. The number of aromatic nitrogens is 2. The Morgan fingerprint density at radius 1 is 1.15 bits per heavy atom. The summed E-state index contributed by atoms with van der Waals surface area (Å²) in [7, 11) is -3.64. The molecule has 1 heterocycles. The fraction of sp³-hybridized carbons (Fsp3) is 0.222. The van der Waals surface area contributed by atoms with E-state index in [1.54, 1.807) is 37.4 Å². The van der Waals surface area contributed by atoms with Crippen LogP contribution in [0, 0.1) is 12.8 Å². The zero-order chi connectivity index (χ0) is 18.7. The van der Waals surface area contributed by atoms with Crippen LogP contribution in [0.1, 0.15) is 12.5 Å². The molecular formula is C18H20N4O3S. The van der Waals surface area contributed by atoms with Crippen LogP contribution in [0.5, 0.6) is 0 Å². The second kappa shape index (κ2) is 7.17. The molecule has 0 bridgehead atoms. The zero-order valence-electron chi connectivity index (χ0n) is 14.5. The van der Waals surface area contributed by atoms with E-state index < -0.39 is 15.9 Å². The Morgan fingerprint density at radius 3 is 2.58 bits per heavy atom. The highest BCUT2D eigenvalue weighted by Gasteiger charge is 2.22. The van der Waals surface area contributed by atoms with Gasteiger partial charge in [0.25, 0.3) is 0 Å². The minimum absolute atomic E-state index is 0.307. The van der Waals surface area contributed by atoms with Crippen LogP contribution in [0.3, 0.4) is 0 Å². The number of aryl methyl sites for hydroxylation is 1. The number of nitrogens with one attached hydrogen (secondary N) is 3. The molecule has 3 aromatic rings. The van der Waals surface area contributed by atoms with Crippen molar-refractivity contribution < 1.29 is 13.2 Å². The minimum Gasteiger partial charge on any atom is -0.326 e. The number of carbonyl (C=O) groups is 1. The summed E-state index contributed by atoms with van der Waals surface area (Å²) in [4.78, 5) is 12.3. The van der Waals surface area contributed by atoms with Crippen LogP contribution in [-0.2, 0) is 14.8 Å². The van der Waals surface area contributed by atoms with Crippen molar-refractivity contribution in [2.24, 2.45) is 5.92 Å². The summed E-state index contributed by atoms with van der Waals surface area (Å²) in [6, 6.07) is 12.4. The van der Waals surface area contributed by atoms with Gasteiger partial charge in [-0.05, 0) is 37.3 Å². The lowest BCUT2D eigenvalue weighted by Crippen LogP contribution is -2.29. The van der Waals surface area contributed by atoms with Gasteiger partial charge in [0.15, 0.2) is 0 Å². The van der Waals surface area contributed by atoms with Crippen molar-refractivity contribution in [3.63, 3.8) is 0 Å². The summed E-state index contributed by atoms with van der Waals surface area (Å²) in [6.45, 7) is 3.50. The SMILES string of the molecule is Cc1ccc(NS(=O)(=O)CC(C)C(=O)Nc2ccc3cn[nH]c3c2)cc1. The van der Waals surface area contributed by atoms with Crippen molar-refractivity contribution in [1.82, 2.24) is 10.2 Å². The van der Waals surface area contributed by atoms with Crippen molar-refractivity contribution in [3.8, 4) is 0 Å². The van der Waals surface area contributed by atoms with E-state index in [9.17, 15) is 13.2 Å². The Morgan fingerprint density at radius 2 is 1.85 bits per heavy atom. The number of H-pyrrole nitrogens is 1. The van der Waals surface area contributed by atoms with E-state index in [4.69, 9.17) is 0 Å². The summed E-state index contributed by atoms with van der Waals surface area (Å²) >= 11 is 0. The van der Waals surface area contributed by atoms with E-state index in [1.165, 1.54) is 0 Å². The molecular weight excluding hydrogens is 352 g/mol. The first-order valence-electron chi connectivity index (χ1n) is 8.13. The number of nitrogens with zero attached hydrogens (tertiary/aromatic N) is 1. The molecule has 1 unspecified atom stereocenters. The van der Waals surface area contributed by atoms with Crippen molar-refractivity contribution in [3.05, 3.63) is 54.2 Å². The number of rotatable bonds is 6. The third kappa shape index (κ3) is 4.40. The average molecular weight is 372 g/mol. The Labute approximate surface area is 151 Å². The van der Waals surface area contributed by atoms with Gasteiger partial charge in [0.05, 0.1) is 23.4 Å². The number of fused-ring (bicyclic) bond motifs is 1. The molecule has 0 saturated carbocycles. The van der Waals surface area contributed by atoms with Gasteiger partial charge in [-0.1, -0.05) is 24.6 Å². The molecule has 2 aromatic carbocycles. The molecule has 136 valence electrons. The normalized spacial score (nSPS) is 12.7. The lowest BCUT2D eigenvalue weighted by Gasteiger charge is -2.14. The highest BCUT2D eigenvalue weighted by molar-refractivity contribution is 7.92. The van der Waals surface area contributed by atoms with Crippen molar-refractivity contribution in [1.29, 1.82) is 0 Å². The Balaban J connectivity index is 1.62. The maximum absolute atomic E-state index is 12.3. The summed E-state index contributed by atoms with van der Waals surface area (Å²) in [5.74, 6) is -1.38. The third-order valence-electron chi connectivity index (χ3n) is 3.95. The minimum atomic E-state index is -3.64. The topological polar surface area (TPSA) is 104 Å². The quantitative estimate of drug-likeness (QED) is 0.619.